The highest BCUT2D eigenvalue weighted by atomic mass is 35.7. The standard InChI is InChI=1S/C26H34N4O5S.C14H18N2O5S.C13H16N2O5S.C10H12N2O4S.C10H14N2O2S.C6H4ClNO4S/c1-28(23(20-9-3-2-4-10-20)19-29-16-13-21(31)18-29)26(33)17-25(32)27-22-11-5-6-12-24(22)36(34,35)30-14-7-8-15-30;1-21-14(18)10-13(17)15-11-6-2-3-7-12(11)22(19,20)16-8-4-5-9-16;16-12(9-13(17)18)14-10-5-1-2-6-11(10)21(19,20)15-7-3-4-8-15;13-12(14)9-5-1-2-6-10(9)17(15,16)11-7-3-4-8-11;11-9-5-1-2-6-10(9)15(13,14)12-7-3-4-8-12;7-13(11,12)6-4-2-1-3-5(6)8(9)10/h2-6,9-12,21,23,31H,7-8,13-19H2,1H3,(H,27,32);2-3,6-7H,4-5,8-10H2,1H3,(H,15,17);1-2,5-6H,3-4,7-9H2,(H,14,16)(H,17,18);1-2,5-6H,3-4,7-8H2;1-2,5-6H,3-4,7-8,11H2;1-4H/t21-,23+;;;;;/m0...../s1. The maximum atomic E-state index is 13.2. The Morgan fingerprint density at radius 1 is 0.452 bits per heavy atom. The molecule has 4 amide bonds. The highest BCUT2D eigenvalue weighted by Gasteiger charge is 2.37. The van der Waals surface area contributed by atoms with Crippen molar-refractivity contribution in [3.63, 3.8) is 0 Å². The molecule has 124 heavy (non-hydrogen) atoms. The van der Waals surface area contributed by atoms with Gasteiger partial charge in [0.1, 0.15) is 38.8 Å². The highest BCUT2D eigenvalue weighted by Crippen LogP contribution is 2.34. The van der Waals surface area contributed by atoms with Crippen LogP contribution in [-0.4, -0.2) is 243 Å². The summed E-state index contributed by atoms with van der Waals surface area (Å²) in [4.78, 5) is 93.9. The predicted octanol–water partition coefficient (Wildman–Crippen LogP) is 7.88. The van der Waals surface area contributed by atoms with E-state index in [0.717, 1.165) is 88.4 Å². The average molecular weight is 1860 g/mol. The van der Waals surface area contributed by atoms with Crippen LogP contribution in [0, 0.1) is 20.2 Å². The molecule has 45 heteroatoms. The number of nitrogen functional groups attached to an aromatic ring is 1. The van der Waals surface area contributed by atoms with Gasteiger partial charge >= 0.3 is 11.9 Å². The van der Waals surface area contributed by atoms with Crippen LogP contribution >= 0.6 is 10.7 Å². The maximum Gasteiger partial charge on any atom is 0.315 e. The van der Waals surface area contributed by atoms with Crippen LogP contribution in [-0.2, 0) is 92.7 Å². The number of nitro benzene ring substituents is 2. The zero-order valence-corrected chi connectivity index (χ0v) is 73.4. The fraction of sp³-hybridized carbons (Fsp3) is 0.392. The smallest absolute Gasteiger partial charge is 0.315 e. The molecule has 0 aliphatic carbocycles. The van der Waals surface area contributed by atoms with Gasteiger partial charge in [-0.05, 0) is 137 Å². The van der Waals surface area contributed by atoms with E-state index in [-0.39, 0.29) is 65.3 Å². The number of aliphatic carboxylic acids is 1. The van der Waals surface area contributed by atoms with Crippen LogP contribution in [0.1, 0.15) is 101 Å². The third-order valence-electron chi connectivity index (χ3n) is 20.1. The number of anilines is 4. The van der Waals surface area contributed by atoms with E-state index in [9.17, 15) is 105 Å². The molecule has 6 aliphatic rings. The van der Waals surface area contributed by atoms with Crippen LogP contribution in [0.3, 0.4) is 0 Å². The van der Waals surface area contributed by atoms with Gasteiger partial charge in [-0.25, -0.2) is 50.5 Å². The number of nitrogens with two attached hydrogens (primary N) is 1. The fourth-order valence-corrected chi connectivity index (χ4v) is 23.1. The number of aliphatic hydroxyl groups is 1. The second-order valence-electron chi connectivity index (χ2n) is 28.7. The summed E-state index contributed by atoms with van der Waals surface area (Å²) in [6, 6.07) is 44.7. The second kappa shape index (κ2) is 45.5. The van der Waals surface area contributed by atoms with Crippen molar-refractivity contribution >= 4 is 140 Å². The molecule has 0 saturated carbocycles. The number of methoxy groups -OCH3 is 1. The minimum atomic E-state index is -4.05. The number of amides is 4. The van der Waals surface area contributed by atoms with Crippen molar-refractivity contribution in [3.8, 4) is 0 Å². The molecule has 0 aromatic heterocycles. The number of carboxylic acids is 1. The van der Waals surface area contributed by atoms with Crippen molar-refractivity contribution in [2.45, 2.75) is 131 Å². The molecular weight excluding hydrogens is 1760 g/mol. The van der Waals surface area contributed by atoms with Gasteiger partial charge < -0.3 is 41.5 Å². The molecule has 672 valence electrons. The van der Waals surface area contributed by atoms with Crippen molar-refractivity contribution in [2.75, 3.05) is 121 Å². The molecule has 0 unspecified atom stereocenters. The van der Waals surface area contributed by atoms with Crippen LogP contribution in [0.2, 0.25) is 0 Å². The van der Waals surface area contributed by atoms with Crippen LogP contribution in [0.4, 0.5) is 34.1 Å². The average Bonchev–Trinajstić information content (AvgIpc) is 1.56. The zero-order chi connectivity index (χ0) is 90.7. The van der Waals surface area contributed by atoms with Crippen LogP contribution in [0.25, 0.3) is 0 Å². The quantitative estimate of drug-likeness (QED) is 0.00749. The Balaban J connectivity index is 0.000000191. The van der Waals surface area contributed by atoms with Crippen molar-refractivity contribution < 1.29 is 104 Å². The second-order valence-corrected chi connectivity index (χ2v) is 40.8. The van der Waals surface area contributed by atoms with Gasteiger partial charge in [-0.15, -0.1) is 0 Å². The molecule has 13 rings (SSSR count). The van der Waals surface area contributed by atoms with Gasteiger partial charge in [0, 0.05) is 115 Å². The summed E-state index contributed by atoms with van der Waals surface area (Å²) in [6.45, 7) is 6.73. The van der Waals surface area contributed by atoms with Gasteiger partial charge in [-0.1, -0.05) is 103 Å². The number of hydrogen-bond donors (Lipinski definition) is 6. The van der Waals surface area contributed by atoms with Crippen molar-refractivity contribution in [2.24, 2.45) is 0 Å². The maximum absolute atomic E-state index is 13.2. The van der Waals surface area contributed by atoms with Crippen molar-refractivity contribution in [1.29, 1.82) is 0 Å². The molecule has 6 fully saturated rings. The molecular formula is C79H98ClN13O25S6. The lowest BCUT2D eigenvalue weighted by molar-refractivity contribution is -0.388. The lowest BCUT2D eigenvalue weighted by atomic mass is 10.0. The highest BCUT2D eigenvalue weighted by molar-refractivity contribution is 8.13. The normalized spacial score (nSPS) is 16.9. The van der Waals surface area contributed by atoms with Gasteiger partial charge in [0.15, 0.2) is 9.79 Å². The number of aliphatic hydroxyl groups excluding tert-OH is 1. The lowest BCUT2D eigenvalue weighted by Crippen LogP contribution is -2.40. The Bertz CT molecular complexity index is 5660. The molecule has 7 N–H and O–H groups in total. The first-order chi connectivity index (χ1) is 58.7. The summed E-state index contributed by atoms with van der Waals surface area (Å²) in [5, 5.41) is 47.1. The van der Waals surface area contributed by atoms with Gasteiger partial charge in [0.2, 0.25) is 73.7 Å². The Hall–Kier alpha value is -10.3. The van der Waals surface area contributed by atoms with Crippen LogP contribution in [0.5, 0.6) is 0 Å². The summed E-state index contributed by atoms with van der Waals surface area (Å²) in [5.41, 5.74) is 6.51. The summed E-state index contributed by atoms with van der Waals surface area (Å²) in [5.74, 6) is -4.27. The number of β-amino-alcohol motifs (C(OH)–C–C–N with tert-alkyl or cyclic N) is 1. The number of likely N-dealkylation sites (N-methyl/N-ethyl adjacent to an activating group) is 1. The molecule has 0 spiro atoms. The number of nitro groups is 2. The monoisotopic (exact) mass is 1860 g/mol. The molecule has 6 saturated heterocycles. The number of halogens is 1. The van der Waals surface area contributed by atoms with E-state index in [1.54, 1.807) is 78.7 Å². The summed E-state index contributed by atoms with van der Waals surface area (Å²) in [6.07, 6.45) is 7.13. The SMILES string of the molecule is CN(C(=O)CC(=O)Nc1ccccc1S(=O)(=O)N1CCCC1)[C@H](CN1CC[C@H](O)C1)c1ccccc1.COC(=O)CC(=O)Nc1ccccc1S(=O)(=O)N1CCCC1.Nc1ccccc1S(=O)(=O)N1CCCC1.O=C(O)CC(=O)Nc1ccccc1S(=O)(=O)N1CCCC1.O=[N+]([O-])c1ccccc1S(=O)(=O)Cl.O=[N+]([O-])c1ccccc1S(=O)(=O)N1CCCC1. The Labute approximate surface area is 724 Å². The minimum absolute atomic E-state index is 0.00867. The lowest BCUT2D eigenvalue weighted by Gasteiger charge is -2.32. The largest absolute Gasteiger partial charge is 0.481 e. The minimum Gasteiger partial charge on any atom is -0.481 e. The molecule has 38 nitrogen and oxygen atoms in total. The number of carboxylic acid groups (broad SMARTS) is 1. The van der Waals surface area contributed by atoms with Gasteiger partial charge in [-0.2, -0.15) is 21.5 Å². The Morgan fingerprint density at radius 2 is 0.758 bits per heavy atom. The number of para-hydroxylation sites is 6. The van der Waals surface area contributed by atoms with E-state index in [0.29, 0.717) is 90.6 Å². The third kappa shape index (κ3) is 27.3. The predicted molar refractivity (Wildman–Crippen MR) is 458 cm³/mol. The molecule has 7 aromatic rings. The van der Waals surface area contributed by atoms with Gasteiger partial charge in [0.05, 0.1) is 51.9 Å². The number of benzene rings is 7. The van der Waals surface area contributed by atoms with E-state index < -0.39 is 129 Å². The number of nitrogens with one attached hydrogen (secondary N) is 3. The number of carbonyl (C=O) groups is 6. The first-order valence-electron chi connectivity index (χ1n) is 39.1. The van der Waals surface area contributed by atoms with E-state index in [4.69, 9.17) is 21.5 Å². The number of ether oxygens (including phenoxy) is 1. The zero-order valence-electron chi connectivity index (χ0n) is 67.7. The molecule has 6 heterocycles. The van der Waals surface area contributed by atoms with Gasteiger partial charge in [0.25, 0.3) is 20.4 Å². The third-order valence-corrected chi connectivity index (χ3v) is 31.2. The number of hydrogen-bond acceptors (Lipinski definition) is 26. The van der Waals surface area contributed by atoms with E-state index >= 15 is 0 Å². The molecule has 7 aromatic carbocycles. The number of likely N-dealkylation sites (tertiary alicyclic amines) is 1. The first kappa shape index (κ1) is 99.1. The molecule has 6 aliphatic heterocycles. The van der Waals surface area contributed by atoms with Crippen LogP contribution < -0.4 is 21.7 Å². The summed E-state index contributed by atoms with van der Waals surface area (Å²) < 4.78 is 158. The summed E-state index contributed by atoms with van der Waals surface area (Å²) >= 11 is 0. The van der Waals surface area contributed by atoms with Crippen molar-refractivity contribution in [1.82, 2.24) is 31.3 Å². The Morgan fingerprint density at radius 3 is 1.10 bits per heavy atom. The van der Waals surface area contributed by atoms with Crippen LogP contribution in [0.15, 0.2) is 205 Å². The number of rotatable bonds is 26. The molecule has 2 atom stereocenters. The van der Waals surface area contributed by atoms with Crippen molar-refractivity contribution in [3.05, 3.63) is 202 Å². The first-order valence-corrected chi connectivity index (χ1v) is 48.6. The number of carbonyl (C=O) groups excluding carboxylic acids is 5. The molecule has 0 bridgehead atoms. The number of nitrogens with zero attached hydrogens (tertiary/aromatic N) is 9. The van der Waals surface area contributed by atoms with E-state index in [2.05, 4.69) is 25.6 Å². The number of sulfonamides is 5. The topological polar surface area (TPSA) is 528 Å². The molecule has 0 radical (unpaired) electrons. The summed E-state index contributed by atoms with van der Waals surface area (Å²) in [7, 11) is -14.4. The number of esters is 1. The van der Waals surface area contributed by atoms with E-state index in [1.165, 1.54) is 95.4 Å². The Kier molecular flexibility index (Phi) is 36.4. The van der Waals surface area contributed by atoms with E-state index in [1.807, 2.05) is 30.3 Å². The fourth-order valence-electron chi connectivity index (χ4n) is 13.8. The van der Waals surface area contributed by atoms with Gasteiger partial charge in [-0.3, -0.25) is 53.9 Å².